The Hall–Kier alpha value is -1.56. The maximum absolute atomic E-state index is 11.4. The summed E-state index contributed by atoms with van der Waals surface area (Å²) in [5.41, 5.74) is 6.19. The molecular formula is C14H17BrN2O3. The molecule has 0 aromatic heterocycles. The van der Waals surface area contributed by atoms with Gasteiger partial charge < -0.3 is 16.2 Å². The van der Waals surface area contributed by atoms with E-state index in [1.807, 2.05) is 0 Å². The van der Waals surface area contributed by atoms with Crippen LogP contribution < -0.4 is 11.1 Å². The summed E-state index contributed by atoms with van der Waals surface area (Å²) in [4.78, 5) is 22.3. The van der Waals surface area contributed by atoms with Gasteiger partial charge in [0.05, 0.1) is 12.0 Å². The number of anilines is 1. The fourth-order valence-corrected chi connectivity index (χ4v) is 2.94. The summed E-state index contributed by atoms with van der Waals surface area (Å²) in [5.74, 6) is -1.28. The third-order valence-corrected chi connectivity index (χ3v) is 4.33. The molecule has 6 heteroatoms. The molecule has 0 spiro atoms. The Kier molecular flexibility index (Phi) is 4.32. The molecule has 0 bridgehead atoms. The molecule has 2 rings (SSSR count). The Labute approximate surface area is 125 Å². The van der Waals surface area contributed by atoms with E-state index in [1.54, 1.807) is 18.2 Å². The van der Waals surface area contributed by atoms with Crippen LogP contribution in [-0.4, -0.2) is 23.5 Å². The SMILES string of the molecule is NC(=O)c1ccc(Br)cc1NCC1(CC(=O)O)CCC1. The quantitative estimate of drug-likeness (QED) is 0.742. The lowest BCUT2D eigenvalue weighted by Crippen LogP contribution is -2.38. The molecule has 108 valence electrons. The Morgan fingerprint density at radius 1 is 1.40 bits per heavy atom. The third-order valence-electron chi connectivity index (χ3n) is 3.84. The van der Waals surface area contributed by atoms with Gasteiger partial charge in [-0.1, -0.05) is 22.4 Å². The summed E-state index contributed by atoms with van der Waals surface area (Å²) in [5, 5.41) is 12.2. The first-order valence-corrected chi connectivity index (χ1v) is 7.26. The van der Waals surface area contributed by atoms with Crippen LogP contribution in [0.25, 0.3) is 0 Å². The number of amides is 1. The summed E-state index contributed by atoms with van der Waals surface area (Å²) >= 11 is 3.35. The number of aliphatic carboxylic acids is 1. The molecule has 1 saturated carbocycles. The highest BCUT2D eigenvalue weighted by Gasteiger charge is 2.38. The summed E-state index contributed by atoms with van der Waals surface area (Å²) in [6, 6.07) is 5.19. The van der Waals surface area contributed by atoms with E-state index in [4.69, 9.17) is 10.8 Å². The number of carboxylic acids is 1. The van der Waals surface area contributed by atoms with E-state index in [-0.39, 0.29) is 11.8 Å². The molecule has 1 aromatic rings. The van der Waals surface area contributed by atoms with Gasteiger partial charge in [0.15, 0.2) is 0 Å². The van der Waals surface area contributed by atoms with Crippen LogP contribution in [0.2, 0.25) is 0 Å². The molecule has 5 nitrogen and oxygen atoms in total. The van der Waals surface area contributed by atoms with Gasteiger partial charge in [-0.05, 0) is 36.5 Å². The first kappa shape index (κ1) is 14.8. The summed E-state index contributed by atoms with van der Waals surface area (Å²) in [7, 11) is 0. The number of nitrogens with one attached hydrogen (secondary N) is 1. The lowest BCUT2D eigenvalue weighted by atomic mass is 9.66. The largest absolute Gasteiger partial charge is 0.481 e. The first-order chi connectivity index (χ1) is 9.42. The number of halogens is 1. The lowest BCUT2D eigenvalue weighted by molar-refractivity contribution is -0.141. The monoisotopic (exact) mass is 340 g/mol. The van der Waals surface area contributed by atoms with Crippen molar-refractivity contribution in [2.75, 3.05) is 11.9 Å². The number of carboxylic acid groups (broad SMARTS) is 1. The van der Waals surface area contributed by atoms with Crippen molar-refractivity contribution >= 4 is 33.5 Å². The van der Waals surface area contributed by atoms with Gasteiger partial charge in [-0.15, -0.1) is 0 Å². The van der Waals surface area contributed by atoms with E-state index in [9.17, 15) is 9.59 Å². The van der Waals surface area contributed by atoms with E-state index < -0.39 is 11.9 Å². The van der Waals surface area contributed by atoms with Gasteiger partial charge in [-0.25, -0.2) is 0 Å². The molecule has 1 fully saturated rings. The first-order valence-electron chi connectivity index (χ1n) is 6.47. The van der Waals surface area contributed by atoms with E-state index >= 15 is 0 Å². The number of primary amides is 1. The van der Waals surface area contributed by atoms with Crippen molar-refractivity contribution in [3.8, 4) is 0 Å². The third kappa shape index (κ3) is 3.30. The topological polar surface area (TPSA) is 92.4 Å². The van der Waals surface area contributed by atoms with Crippen molar-refractivity contribution in [2.24, 2.45) is 11.1 Å². The molecule has 0 saturated heterocycles. The molecule has 0 aliphatic heterocycles. The van der Waals surface area contributed by atoms with Gasteiger partial charge in [0.1, 0.15) is 0 Å². The molecule has 0 atom stereocenters. The normalized spacial score (nSPS) is 16.2. The average molecular weight is 341 g/mol. The van der Waals surface area contributed by atoms with Crippen molar-refractivity contribution in [2.45, 2.75) is 25.7 Å². The number of nitrogens with two attached hydrogens (primary N) is 1. The molecule has 0 radical (unpaired) electrons. The van der Waals surface area contributed by atoms with E-state index in [0.29, 0.717) is 17.8 Å². The van der Waals surface area contributed by atoms with Gasteiger partial charge in [-0.3, -0.25) is 9.59 Å². The summed E-state index contributed by atoms with van der Waals surface area (Å²) in [6.45, 7) is 0.538. The standard InChI is InChI=1S/C14H17BrN2O3/c15-9-2-3-10(13(16)20)11(6-9)17-8-14(4-1-5-14)7-12(18)19/h2-3,6,17H,1,4-5,7-8H2,(H2,16,20)(H,18,19). The van der Waals surface area contributed by atoms with E-state index in [1.165, 1.54) is 0 Å². The highest BCUT2D eigenvalue weighted by molar-refractivity contribution is 9.10. The fraction of sp³-hybridized carbons (Fsp3) is 0.429. The molecule has 1 amide bonds. The maximum atomic E-state index is 11.4. The zero-order valence-corrected chi connectivity index (χ0v) is 12.6. The zero-order valence-electron chi connectivity index (χ0n) is 11.0. The minimum atomic E-state index is -0.782. The summed E-state index contributed by atoms with van der Waals surface area (Å²) in [6.07, 6.45) is 2.99. The molecule has 1 aliphatic rings. The number of carbonyl (C=O) groups is 2. The Morgan fingerprint density at radius 2 is 2.10 bits per heavy atom. The molecule has 0 unspecified atom stereocenters. The second kappa shape index (κ2) is 5.83. The number of hydrogen-bond acceptors (Lipinski definition) is 3. The molecular weight excluding hydrogens is 324 g/mol. The predicted molar refractivity (Wildman–Crippen MR) is 79.7 cm³/mol. The Morgan fingerprint density at radius 3 is 2.60 bits per heavy atom. The molecule has 0 heterocycles. The fourth-order valence-electron chi connectivity index (χ4n) is 2.57. The highest BCUT2D eigenvalue weighted by Crippen LogP contribution is 2.44. The van der Waals surface area contributed by atoms with Crippen LogP contribution in [0.3, 0.4) is 0 Å². The molecule has 20 heavy (non-hydrogen) atoms. The van der Waals surface area contributed by atoms with E-state index in [0.717, 1.165) is 23.7 Å². The highest BCUT2D eigenvalue weighted by atomic mass is 79.9. The maximum Gasteiger partial charge on any atom is 0.303 e. The second-order valence-electron chi connectivity index (χ2n) is 5.33. The lowest BCUT2D eigenvalue weighted by Gasteiger charge is -2.41. The second-order valence-corrected chi connectivity index (χ2v) is 6.25. The summed E-state index contributed by atoms with van der Waals surface area (Å²) < 4.78 is 0.839. The van der Waals surface area contributed by atoms with Gasteiger partial charge in [0.2, 0.25) is 0 Å². The number of carbonyl (C=O) groups excluding carboxylic acids is 1. The van der Waals surface area contributed by atoms with Crippen LogP contribution in [0.5, 0.6) is 0 Å². The minimum Gasteiger partial charge on any atom is -0.481 e. The van der Waals surface area contributed by atoms with Gasteiger partial charge in [0, 0.05) is 16.7 Å². The smallest absolute Gasteiger partial charge is 0.303 e. The zero-order chi connectivity index (χ0) is 14.8. The van der Waals surface area contributed by atoms with Crippen LogP contribution in [0.15, 0.2) is 22.7 Å². The van der Waals surface area contributed by atoms with Crippen molar-refractivity contribution in [1.82, 2.24) is 0 Å². The molecule has 1 aliphatic carbocycles. The number of rotatable bonds is 6. The van der Waals surface area contributed by atoms with Crippen LogP contribution in [0.4, 0.5) is 5.69 Å². The average Bonchev–Trinajstić information content (AvgIpc) is 2.31. The number of benzene rings is 1. The molecule has 4 N–H and O–H groups in total. The number of hydrogen-bond donors (Lipinski definition) is 3. The van der Waals surface area contributed by atoms with Crippen molar-refractivity contribution in [3.05, 3.63) is 28.2 Å². The van der Waals surface area contributed by atoms with E-state index in [2.05, 4.69) is 21.2 Å². The Bertz CT molecular complexity index is 541. The van der Waals surface area contributed by atoms with Gasteiger partial charge >= 0.3 is 5.97 Å². The predicted octanol–water partition coefficient (Wildman–Crippen LogP) is 2.60. The van der Waals surface area contributed by atoms with Gasteiger partial charge in [-0.2, -0.15) is 0 Å². The van der Waals surface area contributed by atoms with Crippen molar-refractivity contribution < 1.29 is 14.7 Å². The van der Waals surface area contributed by atoms with Crippen LogP contribution in [0, 0.1) is 5.41 Å². The van der Waals surface area contributed by atoms with Crippen molar-refractivity contribution in [1.29, 1.82) is 0 Å². The minimum absolute atomic E-state index is 0.153. The van der Waals surface area contributed by atoms with Crippen LogP contribution in [0.1, 0.15) is 36.0 Å². The van der Waals surface area contributed by atoms with Crippen molar-refractivity contribution in [3.63, 3.8) is 0 Å². The Balaban J connectivity index is 2.12. The van der Waals surface area contributed by atoms with Crippen LogP contribution >= 0.6 is 15.9 Å². The van der Waals surface area contributed by atoms with Gasteiger partial charge in [0.25, 0.3) is 5.91 Å². The molecule has 1 aromatic carbocycles. The van der Waals surface area contributed by atoms with Crippen LogP contribution in [-0.2, 0) is 4.79 Å².